The first-order valence-electron chi connectivity index (χ1n) is 6.75. The van der Waals surface area contributed by atoms with Crippen molar-refractivity contribution >= 4 is 51.3 Å². The van der Waals surface area contributed by atoms with Gasteiger partial charge in [0.15, 0.2) is 0 Å². The van der Waals surface area contributed by atoms with E-state index >= 15 is 0 Å². The Balaban J connectivity index is 2.06. The molecule has 0 amide bonds. The van der Waals surface area contributed by atoms with Crippen molar-refractivity contribution in [2.75, 3.05) is 12.0 Å². The van der Waals surface area contributed by atoms with Crippen LogP contribution in [0.2, 0.25) is 0 Å². The van der Waals surface area contributed by atoms with E-state index in [9.17, 15) is 4.39 Å². The summed E-state index contributed by atoms with van der Waals surface area (Å²) in [6, 6.07) is 3.68. The Bertz CT molecular complexity index is 643. The second-order valence-corrected chi connectivity index (χ2v) is 7.57. The highest BCUT2D eigenvalue weighted by atomic mass is 127. The Morgan fingerprint density at radius 3 is 3.00 bits per heavy atom. The molecule has 0 radical (unpaired) electrons. The minimum atomic E-state index is -0.198. The molecular weight excluding hydrogens is 388 g/mol. The van der Waals surface area contributed by atoms with E-state index < -0.39 is 0 Å². The van der Waals surface area contributed by atoms with Crippen molar-refractivity contribution in [1.29, 1.82) is 0 Å². The molecule has 3 rings (SSSR count). The average Bonchev–Trinajstić information content (AvgIpc) is 2.74. The lowest BCUT2D eigenvalue weighted by Crippen LogP contribution is -2.21. The normalized spacial score (nSPS) is 23.4. The fourth-order valence-corrected chi connectivity index (χ4v) is 4.33. The van der Waals surface area contributed by atoms with E-state index in [0.29, 0.717) is 20.8 Å². The molecule has 1 aliphatic rings. The van der Waals surface area contributed by atoms with Crippen molar-refractivity contribution < 1.29 is 4.39 Å². The first kappa shape index (κ1) is 14.4. The van der Waals surface area contributed by atoms with Crippen LogP contribution < -0.4 is 5.73 Å². The SMILES string of the molecule is CSC1CCCC(n2c(N)nc3cc(I)c(F)cc32)C1. The summed E-state index contributed by atoms with van der Waals surface area (Å²) in [5, 5.41) is 0.666. The Hall–Kier alpha value is -0.500. The van der Waals surface area contributed by atoms with Crippen molar-refractivity contribution in [3.8, 4) is 0 Å². The predicted molar refractivity (Wildman–Crippen MR) is 91.6 cm³/mol. The number of nitrogens with zero attached hydrogens (tertiary/aromatic N) is 2. The highest BCUT2D eigenvalue weighted by Gasteiger charge is 2.25. The number of nitrogens with two attached hydrogens (primary N) is 1. The van der Waals surface area contributed by atoms with Crippen LogP contribution in [0.3, 0.4) is 0 Å². The summed E-state index contributed by atoms with van der Waals surface area (Å²) in [7, 11) is 0. The largest absolute Gasteiger partial charge is 0.369 e. The van der Waals surface area contributed by atoms with Gasteiger partial charge < -0.3 is 10.3 Å². The number of thioether (sulfide) groups is 1. The zero-order valence-electron chi connectivity index (χ0n) is 11.3. The van der Waals surface area contributed by atoms with Crippen molar-refractivity contribution in [1.82, 2.24) is 9.55 Å². The number of anilines is 1. The number of rotatable bonds is 2. The summed E-state index contributed by atoms with van der Waals surface area (Å²) in [5.74, 6) is 0.310. The van der Waals surface area contributed by atoms with Crippen LogP contribution in [0.4, 0.5) is 10.3 Å². The molecule has 1 saturated carbocycles. The van der Waals surface area contributed by atoms with Crippen LogP contribution in [0, 0.1) is 9.39 Å². The zero-order chi connectivity index (χ0) is 14.3. The molecule has 1 aromatic carbocycles. The molecule has 2 unspecified atom stereocenters. The van der Waals surface area contributed by atoms with E-state index in [1.54, 1.807) is 12.1 Å². The van der Waals surface area contributed by atoms with Crippen molar-refractivity contribution in [2.24, 2.45) is 0 Å². The van der Waals surface area contributed by atoms with Crippen molar-refractivity contribution in [3.63, 3.8) is 0 Å². The lowest BCUT2D eigenvalue weighted by molar-refractivity contribution is 0.371. The van der Waals surface area contributed by atoms with Crippen LogP contribution in [0.5, 0.6) is 0 Å². The van der Waals surface area contributed by atoms with Gasteiger partial charge in [0.2, 0.25) is 5.95 Å². The van der Waals surface area contributed by atoms with Crippen molar-refractivity contribution in [2.45, 2.75) is 37.0 Å². The van der Waals surface area contributed by atoms with Gasteiger partial charge in [0.25, 0.3) is 0 Å². The molecule has 6 heteroatoms. The van der Waals surface area contributed by atoms with E-state index in [1.165, 1.54) is 12.8 Å². The van der Waals surface area contributed by atoms with Crippen LogP contribution >= 0.6 is 34.4 Å². The quantitative estimate of drug-likeness (QED) is 0.762. The van der Waals surface area contributed by atoms with Gasteiger partial charge in [0.05, 0.1) is 14.6 Å². The monoisotopic (exact) mass is 405 g/mol. The standard InChI is InChI=1S/C14H17FIN3S/c1-20-9-4-2-3-8(5-9)19-13-6-10(15)11(16)7-12(13)18-14(19)17/h6-9H,2-5H2,1H3,(H2,17,18). The van der Waals surface area contributed by atoms with Gasteiger partial charge >= 0.3 is 0 Å². The number of imidazole rings is 1. The summed E-state index contributed by atoms with van der Waals surface area (Å²) in [4.78, 5) is 4.40. The third-order valence-corrected chi connectivity index (χ3v) is 5.98. The predicted octanol–water partition coefficient (Wildman–Crippen LogP) is 4.21. The number of aromatic nitrogens is 2. The summed E-state index contributed by atoms with van der Waals surface area (Å²) >= 11 is 3.90. The molecule has 20 heavy (non-hydrogen) atoms. The number of hydrogen-bond donors (Lipinski definition) is 1. The molecule has 1 fully saturated rings. The van der Waals surface area contributed by atoms with E-state index in [1.807, 2.05) is 38.9 Å². The number of benzene rings is 1. The fraction of sp³-hybridized carbons (Fsp3) is 0.500. The maximum Gasteiger partial charge on any atom is 0.201 e. The van der Waals surface area contributed by atoms with Crippen LogP contribution in [0.25, 0.3) is 11.0 Å². The van der Waals surface area contributed by atoms with E-state index in [-0.39, 0.29) is 5.82 Å². The zero-order valence-corrected chi connectivity index (χ0v) is 14.2. The van der Waals surface area contributed by atoms with Gasteiger partial charge in [-0.1, -0.05) is 6.42 Å². The number of fused-ring (bicyclic) bond motifs is 1. The Morgan fingerprint density at radius 1 is 1.45 bits per heavy atom. The van der Waals surface area contributed by atoms with E-state index in [0.717, 1.165) is 23.9 Å². The maximum absolute atomic E-state index is 13.9. The van der Waals surface area contributed by atoms with Crippen LogP contribution in [-0.2, 0) is 0 Å². The molecule has 1 aromatic heterocycles. The summed E-state index contributed by atoms with van der Waals surface area (Å²) < 4.78 is 16.5. The van der Waals surface area contributed by atoms with Gasteiger partial charge in [0.1, 0.15) is 5.82 Å². The Labute approximate surface area is 135 Å². The molecule has 0 saturated heterocycles. The van der Waals surface area contributed by atoms with Crippen LogP contribution in [-0.4, -0.2) is 21.1 Å². The Morgan fingerprint density at radius 2 is 2.25 bits per heavy atom. The molecular formula is C14H17FIN3S. The first-order valence-corrected chi connectivity index (χ1v) is 9.12. The number of hydrogen-bond acceptors (Lipinski definition) is 3. The molecule has 3 nitrogen and oxygen atoms in total. The second-order valence-electron chi connectivity index (χ2n) is 5.27. The Kier molecular flexibility index (Phi) is 4.12. The van der Waals surface area contributed by atoms with Gasteiger partial charge in [-0.05, 0) is 54.2 Å². The summed E-state index contributed by atoms with van der Waals surface area (Å²) in [6.07, 6.45) is 6.80. The third-order valence-electron chi connectivity index (χ3n) is 4.06. The molecule has 0 spiro atoms. The highest BCUT2D eigenvalue weighted by Crippen LogP contribution is 2.37. The van der Waals surface area contributed by atoms with E-state index in [2.05, 4.69) is 11.2 Å². The van der Waals surface area contributed by atoms with Crippen molar-refractivity contribution in [3.05, 3.63) is 21.5 Å². The van der Waals surface area contributed by atoms with E-state index in [4.69, 9.17) is 5.73 Å². The topological polar surface area (TPSA) is 43.8 Å². The summed E-state index contributed by atoms with van der Waals surface area (Å²) in [5.41, 5.74) is 7.71. The fourth-order valence-electron chi connectivity index (χ4n) is 3.06. The first-order chi connectivity index (χ1) is 9.60. The lowest BCUT2D eigenvalue weighted by Gasteiger charge is -2.29. The molecule has 1 aliphatic carbocycles. The molecule has 2 N–H and O–H groups in total. The van der Waals surface area contributed by atoms with Crippen LogP contribution in [0.15, 0.2) is 12.1 Å². The highest BCUT2D eigenvalue weighted by molar-refractivity contribution is 14.1. The van der Waals surface area contributed by atoms with Gasteiger partial charge in [-0.2, -0.15) is 11.8 Å². The maximum atomic E-state index is 13.9. The molecule has 1 heterocycles. The van der Waals surface area contributed by atoms with Gasteiger partial charge in [-0.15, -0.1) is 0 Å². The number of halogens is 2. The van der Waals surface area contributed by atoms with Gasteiger partial charge in [-0.3, -0.25) is 0 Å². The molecule has 0 bridgehead atoms. The number of nitrogen functional groups attached to an aromatic ring is 1. The average molecular weight is 405 g/mol. The second kappa shape index (κ2) is 5.71. The summed E-state index contributed by atoms with van der Waals surface area (Å²) in [6.45, 7) is 0. The lowest BCUT2D eigenvalue weighted by atomic mass is 9.94. The minimum Gasteiger partial charge on any atom is -0.369 e. The third kappa shape index (κ3) is 2.52. The minimum absolute atomic E-state index is 0.198. The molecule has 0 aliphatic heterocycles. The molecule has 108 valence electrons. The molecule has 2 aromatic rings. The molecule has 2 atom stereocenters. The van der Waals surface area contributed by atoms with Gasteiger partial charge in [0, 0.05) is 17.4 Å². The smallest absolute Gasteiger partial charge is 0.201 e. The van der Waals surface area contributed by atoms with Crippen LogP contribution in [0.1, 0.15) is 31.7 Å². The van der Waals surface area contributed by atoms with Gasteiger partial charge in [-0.25, -0.2) is 9.37 Å².